The first-order valence-electron chi connectivity index (χ1n) is 7.10. The molecule has 0 unspecified atom stereocenters. The first-order chi connectivity index (χ1) is 11.5. The molecule has 2 rings (SSSR count). The second-order valence-electron chi connectivity index (χ2n) is 4.88. The van der Waals surface area contributed by atoms with E-state index in [1.54, 1.807) is 36.5 Å². The van der Waals surface area contributed by atoms with Gasteiger partial charge < -0.3 is 14.2 Å². The summed E-state index contributed by atoms with van der Waals surface area (Å²) >= 11 is 0. The fourth-order valence-electron chi connectivity index (χ4n) is 2.11. The number of nitrogens with zero attached hydrogens (tertiary/aromatic N) is 1. The minimum absolute atomic E-state index is 0.175. The van der Waals surface area contributed by atoms with Gasteiger partial charge in [0.15, 0.2) is 9.84 Å². The maximum atomic E-state index is 12.3. The molecule has 1 aromatic heterocycles. The van der Waals surface area contributed by atoms with Crippen molar-refractivity contribution >= 4 is 15.9 Å². The van der Waals surface area contributed by atoms with Crippen molar-refractivity contribution in [1.82, 2.24) is 4.98 Å². The smallest absolute Gasteiger partial charge is 0.177 e. The first-order valence-corrected chi connectivity index (χ1v) is 8.81. The van der Waals surface area contributed by atoms with Crippen LogP contribution < -0.4 is 14.2 Å². The van der Waals surface area contributed by atoms with Gasteiger partial charge in [0, 0.05) is 23.7 Å². The molecule has 7 heteroatoms. The van der Waals surface area contributed by atoms with Crippen LogP contribution in [-0.4, -0.2) is 34.7 Å². The lowest BCUT2D eigenvalue weighted by Crippen LogP contribution is -2.02. The van der Waals surface area contributed by atoms with E-state index in [0.717, 1.165) is 5.41 Å². The molecule has 2 aromatic rings. The van der Waals surface area contributed by atoms with Crippen molar-refractivity contribution in [2.45, 2.75) is 5.75 Å². The second-order valence-corrected chi connectivity index (χ2v) is 6.76. The third kappa shape index (κ3) is 4.48. The van der Waals surface area contributed by atoms with E-state index in [1.807, 2.05) is 0 Å². The summed E-state index contributed by atoms with van der Waals surface area (Å²) in [5.41, 5.74) is 1.00. The van der Waals surface area contributed by atoms with Gasteiger partial charge in [0.25, 0.3) is 0 Å². The highest BCUT2D eigenvalue weighted by molar-refractivity contribution is 7.93. The lowest BCUT2D eigenvalue weighted by Gasteiger charge is -2.12. The Labute approximate surface area is 141 Å². The van der Waals surface area contributed by atoms with Gasteiger partial charge in [-0.15, -0.1) is 0 Å². The number of hydrogen-bond acceptors (Lipinski definition) is 6. The van der Waals surface area contributed by atoms with Gasteiger partial charge in [-0.25, -0.2) is 8.42 Å². The molecule has 0 fully saturated rings. The van der Waals surface area contributed by atoms with Crippen LogP contribution >= 0.6 is 0 Å². The molecule has 6 nitrogen and oxygen atoms in total. The average Bonchev–Trinajstić information content (AvgIpc) is 2.59. The van der Waals surface area contributed by atoms with E-state index < -0.39 is 9.84 Å². The highest BCUT2D eigenvalue weighted by atomic mass is 32.2. The molecule has 0 saturated heterocycles. The Balaban J connectivity index is 2.33. The molecule has 24 heavy (non-hydrogen) atoms. The van der Waals surface area contributed by atoms with Crippen LogP contribution in [0.2, 0.25) is 0 Å². The van der Waals surface area contributed by atoms with Crippen LogP contribution in [0.4, 0.5) is 0 Å². The van der Waals surface area contributed by atoms with E-state index in [4.69, 9.17) is 14.2 Å². The van der Waals surface area contributed by atoms with Gasteiger partial charge in [-0.1, -0.05) is 6.07 Å². The summed E-state index contributed by atoms with van der Waals surface area (Å²) in [5.74, 6) is 1.29. The summed E-state index contributed by atoms with van der Waals surface area (Å²) in [6.45, 7) is 0. The van der Waals surface area contributed by atoms with Gasteiger partial charge in [0.2, 0.25) is 0 Å². The standard InChI is InChI=1S/C17H19NO5S/c1-21-14-10-16(22-2)15(17(11-14)23-3)7-9-24(19,20)12-13-6-4-5-8-18-13/h4-11H,12H2,1-3H3/b9-7+. The molecular formula is C17H19NO5S. The monoisotopic (exact) mass is 349 g/mol. The third-order valence-electron chi connectivity index (χ3n) is 3.27. The van der Waals surface area contributed by atoms with Gasteiger partial charge in [0.1, 0.15) is 17.2 Å². The number of benzene rings is 1. The Morgan fingerprint density at radius 1 is 1.04 bits per heavy atom. The highest BCUT2D eigenvalue weighted by Gasteiger charge is 2.13. The topological polar surface area (TPSA) is 74.7 Å². The Kier molecular flexibility index (Phi) is 5.81. The second kappa shape index (κ2) is 7.83. The molecule has 0 saturated carbocycles. The number of hydrogen-bond donors (Lipinski definition) is 0. The number of rotatable bonds is 7. The molecule has 0 aliphatic rings. The SMILES string of the molecule is COc1cc(OC)c(/C=C/S(=O)(=O)Cc2ccccn2)c(OC)c1. The van der Waals surface area contributed by atoms with Crippen LogP contribution in [0, 0.1) is 0 Å². The Morgan fingerprint density at radius 3 is 2.21 bits per heavy atom. The van der Waals surface area contributed by atoms with Crippen molar-refractivity contribution in [2.24, 2.45) is 0 Å². The van der Waals surface area contributed by atoms with Crippen LogP contribution in [0.3, 0.4) is 0 Å². The van der Waals surface area contributed by atoms with Crippen molar-refractivity contribution in [1.29, 1.82) is 0 Å². The average molecular weight is 349 g/mol. The summed E-state index contributed by atoms with van der Waals surface area (Å²) in [5, 5.41) is 1.13. The quantitative estimate of drug-likeness (QED) is 0.765. The largest absolute Gasteiger partial charge is 0.496 e. The van der Waals surface area contributed by atoms with Crippen LogP contribution in [0.1, 0.15) is 11.3 Å². The zero-order valence-corrected chi connectivity index (χ0v) is 14.5. The molecule has 0 amide bonds. The van der Waals surface area contributed by atoms with E-state index in [-0.39, 0.29) is 5.75 Å². The van der Waals surface area contributed by atoms with Crippen LogP contribution in [0.25, 0.3) is 6.08 Å². The minimum Gasteiger partial charge on any atom is -0.496 e. The van der Waals surface area contributed by atoms with E-state index in [2.05, 4.69) is 4.98 Å². The van der Waals surface area contributed by atoms with Crippen molar-refractivity contribution in [3.63, 3.8) is 0 Å². The Bertz CT molecular complexity index is 791. The molecule has 0 N–H and O–H groups in total. The van der Waals surface area contributed by atoms with Crippen LogP contribution in [0.5, 0.6) is 17.2 Å². The van der Waals surface area contributed by atoms with E-state index in [9.17, 15) is 8.42 Å². The molecule has 1 aromatic carbocycles. The van der Waals surface area contributed by atoms with Crippen molar-refractivity contribution in [3.8, 4) is 17.2 Å². The van der Waals surface area contributed by atoms with E-state index in [0.29, 0.717) is 28.5 Å². The molecule has 128 valence electrons. The molecule has 0 atom stereocenters. The van der Waals surface area contributed by atoms with Gasteiger partial charge in [-0.3, -0.25) is 4.98 Å². The number of aromatic nitrogens is 1. The number of sulfone groups is 1. The predicted octanol–water partition coefficient (Wildman–Crippen LogP) is 2.69. The molecule has 0 aliphatic carbocycles. The maximum Gasteiger partial charge on any atom is 0.177 e. The van der Waals surface area contributed by atoms with Crippen molar-refractivity contribution < 1.29 is 22.6 Å². The summed E-state index contributed by atoms with van der Waals surface area (Å²) in [7, 11) is 1.03. The van der Waals surface area contributed by atoms with Crippen molar-refractivity contribution in [2.75, 3.05) is 21.3 Å². The number of methoxy groups -OCH3 is 3. The zero-order valence-electron chi connectivity index (χ0n) is 13.7. The molecule has 0 aliphatic heterocycles. The fraction of sp³-hybridized carbons (Fsp3) is 0.235. The Morgan fingerprint density at radius 2 is 1.71 bits per heavy atom. The molecule has 0 radical (unpaired) electrons. The lowest BCUT2D eigenvalue weighted by atomic mass is 10.1. The molecule has 1 heterocycles. The summed E-state index contributed by atoms with van der Waals surface area (Å²) in [6, 6.07) is 8.47. The van der Waals surface area contributed by atoms with Crippen LogP contribution in [-0.2, 0) is 15.6 Å². The van der Waals surface area contributed by atoms with Gasteiger partial charge in [-0.2, -0.15) is 0 Å². The summed E-state index contributed by atoms with van der Waals surface area (Å²) in [4.78, 5) is 4.03. The highest BCUT2D eigenvalue weighted by Crippen LogP contribution is 2.35. The number of ether oxygens (including phenoxy) is 3. The normalized spacial score (nSPS) is 11.5. The summed E-state index contributed by atoms with van der Waals surface area (Å²) < 4.78 is 40.3. The lowest BCUT2D eigenvalue weighted by molar-refractivity contribution is 0.374. The molecular weight excluding hydrogens is 330 g/mol. The zero-order chi connectivity index (χ0) is 17.6. The van der Waals surface area contributed by atoms with E-state index >= 15 is 0 Å². The number of pyridine rings is 1. The molecule has 0 spiro atoms. The van der Waals surface area contributed by atoms with Gasteiger partial charge >= 0.3 is 0 Å². The van der Waals surface area contributed by atoms with Gasteiger partial charge in [-0.05, 0) is 18.2 Å². The third-order valence-corrected chi connectivity index (χ3v) is 4.52. The van der Waals surface area contributed by atoms with Crippen LogP contribution in [0.15, 0.2) is 41.9 Å². The minimum atomic E-state index is -3.48. The first kappa shape index (κ1) is 17.8. The van der Waals surface area contributed by atoms with Crippen molar-refractivity contribution in [3.05, 3.63) is 53.2 Å². The van der Waals surface area contributed by atoms with Gasteiger partial charge in [0.05, 0.1) is 38.3 Å². The fourth-order valence-corrected chi connectivity index (χ4v) is 3.13. The molecule has 0 bridgehead atoms. The predicted molar refractivity (Wildman–Crippen MR) is 92.0 cm³/mol. The van der Waals surface area contributed by atoms with E-state index in [1.165, 1.54) is 27.4 Å². The maximum absolute atomic E-state index is 12.3. The Hall–Kier alpha value is -2.54. The summed E-state index contributed by atoms with van der Waals surface area (Å²) in [6.07, 6.45) is 3.01.